The van der Waals surface area contributed by atoms with Gasteiger partial charge in [-0.05, 0) is 40.7 Å². The minimum atomic E-state index is -0.266. The Labute approximate surface area is 165 Å². The van der Waals surface area contributed by atoms with Gasteiger partial charge in [-0.3, -0.25) is 4.90 Å². The number of aryl methyl sites for hydroxylation is 1. The van der Waals surface area contributed by atoms with E-state index < -0.39 is 0 Å². The quantitative estimate of drug-likeness (QED) is 0.642. The monoisotopic (exact) mass is 385 g/mol. The van der Waals surface area contributed by atoms with Crippen LogP contribution in [0.4, 0.5) is 10.2 Å². The van der Waals surface area contributed by atoms with Crippen LogP contribution in [0.2, 0.25) is 0 Å². The molecule has 150 valence electrons. The minimum absolute atomic E-state index is 0.266. The van der Waals surface area contributed by atoms with Crippen molar-refractivity contribution in [3.05, 3.63) is 41.5 Å². The number of benzene rings is 1. The van der Waals surface area contributed by atoms with Crippen LogP contribution in [-0.2, 0) is 6.54 Å². The van der Waals surface area contributed by atoms with Gasteiger partial charge in [0.2, 0.25) is 0 Å². The molecular formula is C20H28FN7. The summed E-state index contributed by atoms with van der Waals surface area (Å²) in [6.07, 6.45) is 0. The Balaban J connectivity index is 1.81. The van der Waals surface area contributed by atoms with Crippen LogP contribution in [0.1, 0.15) is 39.1 Å². The van der Waals surface area contributed by atoms with Gasteiger partial charge in [-0.15, -0.1) is 5.10 Å². The van der Waals surface area contributed by atoms with Crippen LogP contribution < -0.4 is 5.32 Å². The van der Waals surface area contributed by atoms with E-state index in [1.54, 1.807) is 22.9 Å². The molecule has 3 rings (SSSR count). The third-order valence-corrected chi connectivity index (χ3v) is 4.74. The van der Waals surface area contributed by atoms with Gasteiger partial charge in [-0.1, -0.05) is 23.4 Å². The van der Waals surface area contributed by atoms with Crippen molar-refractivity contribution in [2.75, 3.05) is 18.4 Å². The topological polar surface area (TPSA) is 71.8 Å². The average Bonchev–Trinajstić information content (AvgIpc) is 3.02. The van der Waals surface area contributed by atoms with Crippen molar-refractivity contribution in [1.82, 2.24) is 29.9 Å². The van der Waals surface area contributed by atoms with E-state index in [0.717, 1.165) is 13.1 Å². The zero-order valence-electron chi connectivity index (χ0n) is 17.1. The first-order valence-electron chi connectivity index (χ1n) is 9.67. The van der Waals surface area contributed by atoms with Crippen molar-refractivity contribution in [2.24, 2.45) is 0 Å². The standard InChI is InChI=1S/C20H28FN7/c1-13(2)27(14(3)4)11-10-22-19-18-20(24-15(5)23-19)28(26-25-18)12-16-8-6-7-9-17(16)21/h6-9,13-14H,10-12H2,1-5H3,(H,22,23,24). The van der Waals surface area contributed by atoms with Gasteiger partial charge in [0.25, 0.3) is 0 Å². The molecular weight excluding hydrogens is 357 g/mol. The summed E-state index contributed by atoms with van der Waals surface area (Å²) in [6.45, 7) is 12.5. The fraction of sp³-hybridized carbons (Fsp3) is 0.500. The molecule has 0 spiro atoms. The van der Waals surface area contributed by atoms with Crippen LogP contribution >= 0.6 is 0 Å². The third kappa shape index (κ3) is 4.44. The summed E-state index contributed by atoms with van der Waals surface area (Å²) in [4.78, 5) is 11.4. The molecule has 2 aromatic heterocycles. The van der Waals surface area contributed by atoms with Crippen LogP contribution in [0.15, 0.2) is 24.3 Å². The predicted molar refractivity (Wildman–Crippen MR) is 109 cm³/mol. The van der Waals surface area contributed by atoms with E-state index in [1.807, 2.05) is 6.92 Å². The molecule has 0 aliphatic carbocycles. The summed E-state index contributed by atoms with van der Waals surface area (Å²) < 4.78 is 15.6. The zero-order valence-corrected chi connectivity index (χ0v) is 17.1. The molecule has 0 fully saturated rings. The Morgan fingerprint density at radius 3 is 2.50 bits per heavy atom. The van der Waals surface area contributed by atoms with Gasteiger partial charge in [-0.25, -0.2) is 19.0 Å². The van der Waals surface area contributed by atoms with Crippen LogP contribution in [0.3, 0.4) is 0 Å². The van der Waals surface area contributed by atoms with Gasteiger partial charge in [-0.2, -0.15) is 0 Å². The smallest absolute Gasteiger partial charge is 0.184 e. The van der Waals surface area contributed by atoms with Gasteiger partial charge >= 0.3 is 0 Å². The number of hydrogen-bond donors (Lipinski definition) is 1. The zero-order chi connectivity index (χ0) is 20.3. The number of nitrogens with zero attached hydrogens (tertiary/aromatic N) is 6. The Morgan fingerprint density at radius 1 is 1.11 bits per heavy atom. The first-order valence-corrected chi connectivity index (χ1v) is 9.67. The fourth-order valence-electron chi connectivity index (χ4n) is 3.40. The summed E-state index contributed by atoms with van der Waals surface area (Å²) in [5.41, 5.74) is 1.75. The molecule has 0 saturated carbocycles. The SMILES string of the molecule is Cc1nc(NCCN(C(C)C)C(C)C)c2nnn(Cc3ccccc3F)c2n1. The molecule has 8 heteroatoms. The maximum atomic E-state index is 14.0. The first kappa shape index (κ1) is 20.1. The van der Waals surface area contributed by atoms with Crippen LogP contribution in [0, 0.1) is 12.7 Å². The van der Waals surface area contributed by atoms with Crippen LogP contribution in [0.25, 0.3) is 11.2 Å². The molecule has 0 radical (unpaired) electrons. The molecule has 0 aliphatic heterocycles. The largest absolute Gasteiger partial charge is 0.367 e. The van der Waals surface area contributed by atoms with E-state index in [2.05, 4.69) is 58.2 Å². The molecule has 3 aromatic rings. The third-order valence-electron chi connectivity index (χ3n) is 4.74. The van der Waals surface area contributed by atoms with Gasteiger partial charge in [0, 0.05) is 30.7 Å². The number of anilines is 1. The van der Waals surface area contributed by atoms with Crippen molar-refractivity contribution in [2.45, 2.75) is 53.2 Å². The lowest BCUT2D eigenvalue weighted by atomic mass is 10.2. The van der Waals surface area contributed by atoms with Crippen molar-refractivity contribution in [1.29, 1.82) is 0 Å². The number of hydrogen-bond acceptors (Lipinski definition) is 6. The maximum Gasteiger partial charge on any atom is 0.184 e. The Bertz CT molecular complexity index is 927. The molecule has 7 nitrogen and oxygen atoms in total. The van der Waals surface area contributed by atoms with Gasteiger partial charge in [0.1, 0.15) is 11.6 Å². The Morgan fingerprint density at radius 2 is 1.82 bits per heavy atom. The summed E-state index contributed by atoms with van der Waals surface area (Å²) in [7, 11) is 0. The molecule has 0 saturated heterocycles. The summed E-state index contributed by atoms with van der Waals surface area (Å²) in [6, 6.07) is 7.59. The van der Waals surface area contributed by atoms with E-state index in [4.69, 9.17) is 0 Å². The van der Waals surface area contributed by atoms with Crippen molar-refractivity contribution in [3.63, 3.8) is 0 Å². The average molecular weight is 385 g/mol. The highest BCUT2D eigenvalue weighted by molar-refractivity contribution is 5.82. The Kier molecular flexibility index (Phi) is 6.18. The van der Waals surface area contributed by atoms with E-state index in [-0.39, 0.29) is 12.4 Å². The summed E-state index contributed by atoms with van der Waals surface area (Å²) in [5.74, 6) is 1.02. The molecule has 1 aromatic carbocycles. The lowest BCUT2D eigenvalue weighted by Crippen LogP contribution is -2.40. The van der Waals surface area contributed by atoms with Crippen molar-refractivity contribution < 1.29 is 4.39 Å². The highest BCUT2D eigenvalue weighted by Gasteiger charge is 2.16. The van der Waals surface area contributed by atoms with E-state index >= 15 is 0 Å². The van der Waals surface area contributed by atoms with Crippen LogP contribution in [0.5, 0.6) is 0 Å². The first-order chi connectivity index (χ1) is 13.4. The van der Waals surface area contributed by atoms with E-state index in [1.165, 1.54) is 6.07 Å². The van der Waals surface area contributed by atoms with Crippen molar-refractivity contribution in [3.8, 4) is 0 Å². The number of aromatic nitrogens is 5. The lowest BCUT2D eigenvalue weighted by molar-refractivity contribution is 0.182. The molecule has 0 unspecified atom stereocenters. The van der Waals surface area contributed by atoms with Gasteiger partial charge in [0.05, 0.1) is 6.54 Å². The highest BCUT2D eigenvalue weighted by atomic mass is 19.1. The molecule has 1 N–H and O–H groups in total. The summed E-state index contributed by atoms with van der Waals surface area (Å²) in [5, 5.41) is 11.8. The second kappa shape index (κ2) is 8.60. The number of halogens is 1. The van der Waals surface area contributed by atoms with E-state index in [9.17, 15) is 4.39 Å². The normalized spacial score (nSPS) is 11.9. The second-order valence-electron chi connectivity index (χ2n) is 7.48. The molecule has 0 aliphatic rings. The fourth-order valence-corrected chi connectivity index (χ4v) is 3.40. The van der Waals surface area contributed by atoms with Crippen molar-refractivity contribution >= 4 is 17.0 Å². The van der Waals surface area contributed by atoms with Crippen LogP contribution in [-0.4, -0.2) is 55.0 Å². The number of nitrogens with one attached hydrogen (secondary N) is 1. The van der Waals surface area contributed by atoms with Gasteiger partial charge in [0.15, 0.2) is 17.0 Å². The molecule has 0 atom stereocenters. The van der Waals surface area contributed by atoms with E-state index in [0.29, 0.717) is 40.5 Å². The molecule has 0 bridgehead atoms. The predicted octanol–water partition coefficient (Wildman–Crippen LogP) is 3.25. The minimum Gasteiger partial charge on any atom is -0.367 e. The second-order valence-corrected chi connectivity index (χ2v) is 7.48. The van der Waals surface area contributed by atoms with Gasteiger partial charge < -0.3 is 5.32 Å². The molecule has 0 amide bonds. The summed E-state index contributed by atoms with van der Waals surface area (Å²) >= 11 is 0. The maximum absolute atomic E-state index is 14.0. The molecule has 2 heterocycles. The molecule has 28 heavy (non-hydrogen) atoms. The lowest BCUT2D eigenvalue weighted by Gasteiger charge is -2.30. The highest BCUT2D eigenvalue weighted by Crippen LogP contribution is 2.19. The number of rotatable bonds is 8. The Hall–Kier alpha value is -2.61. The number of fused-ring (bicyclic) bond motifs is 1.